The average Bonchev–Trinajstić information content (AvgIpc) is 2.60. The van der Waals surface area contributed by atoms with Crippen LogP contribution in [0.4, 0.5) is 0 Å². The first-order valence-corrected chi connectivity index (χ1v) is 8.17. The fraction of sp³-hybridized carbons (Fsp3) is 1.00. The third-order valence-corrected chi connectivity index (χ3v) is 4.73. The monoisotopic (exact) mass is 368 g/mol. The minimum atomic E-state index is -1.37. The van der Waals surface area contributed by atoms with Crippen molar-refractivity contribution in [3.63, 3.8) is 0 Å². The average molecular weight is 368 g/mol. The zero-order valence-corrected chi connectivity index (χ0v) is 14.5. The predicted molar refractivity (Wildman–Crippen MR) is 81.7 cm³/mol. The summed E-state index contributed by atoms with van der Waals surface area (Å²) in [6.45, 7) is 0.744. The van der Waals surface area contributed by atoms with Crippen molar-refractivity contribution in [3.05, 3.63) is 0 Å². The molecule has 5 N–H and O–H groups in total. The Kier molecular flexibility index (Phi) is 7.52. The number of hydrogen-bond acceptors (Lipinski definition) is 10. The van der Waals surface area contributed by atoms with E-state index in [2.05, 4.69) is 0 Å². The Hall–Kier alpha value is -0.400. The van der Waals surface area contributed by atoms with Crippen LogP contribution < -0.4 is 0 Å². The molecule has 2 fully saturated rings. The highest BCUT2D eigenvalue weighted by Gasteiger charge is 2.50. The maximum absolute atomic E-state index is 10.5. The maximum Gasteiger partial charge on any atom is 0.187 e. The highest BCUT2D eigenvalue weighted by Crippen LogP contribution is 2.30. The highest BCUT2D eigenvalue weighted by molar-refractivity contribution is 4.95. The first-order chi connectivity index (χ1) is 11.9. The van der Waals surface area contributed by atoms with Gasteiger partial charge in [-0.25, -0.2) is 0 Å². The number of hydrogen-bond donors (Lipinski definition) is 5. The van der Waals surface area contributed by atoms with Gasteiger partial charge in [-0.15, -0.1) is 0 Å². The highest BCUT2D eigenvalue weighted by atomic mass is 16.7. The van der Waals surface area contributed by atoms with E-state index in [1.165, 1.54) is 14.2 Å². The molecule has 0 aromatic heterocycles. The standard InChI is InChI=1S/C15H28O10/c1-6-12(21-2)11(20)13(8(5-17)23-6)25-15-14(22-3)10(19)9(18)7(4-16)24-15/h6-20H,4-5H2,1-3H3/t6-,7?,8?,9+,10?,11?,12?,13+,14?,15+/m0/s1. The molecule has 10 nitrogen and oxygen atoms in total. The van der Waals surface area contributed by atoms with Crippen LogP contribution >= 0.6 is 0 Å². The Bertz CT molecular complexity index is 410. The summed E-state index contributed by atoms with van der Waals surface area (Å²) in [5.41, 5.74) is 0. The lowest BCUT2D eigenvalue weighted by Gasteiger charge is -2.47. The summed E-state index contributed by atoms with van der Waals surface area (Å²) in [5, 5.41) is 49.5. The molecule has 148 valence electrons. The van der Waals surface area contributed by atoms with E-state index in [1.54, 1.807) is 6.92 Å². The van der Waals surface area contributed by atoms with Crippen molar-refractivity contribution in [2.45, 2.75) is 68.1 Å². The van der Waals surface area contributed by atoms with Crippen LogP contribution in [0.2, 0.25) is 0 Å². The smallest absolute Gasteiger partial charge is 0.187 e. The van der Waals surface area contributed by atoms with E-state index in [-0.39, 0.29) is 0 Å². The molecule has 0 saturated carbocycles. The van der Waals surface area contributed by atoms with E-state index < -0.39 is 74.4 Å². The molecule has 2 aliphatic heterocycles. The van der Waals surface area contributed by atoms with Gasteiger partial charge in [0.05, 0.1) is 19.3 Å². The van der Waals surface area contributed by atoms with E-state index in [4.69, 9.17) is 23.7 Å². The van der Waals surface area contributed by atoms with Crippen molar-refractivity contribution in [2.24, 2.45) is 0 Å². The van der Waals surface area contributed by atoms with Gasteiger partial charge < -0.3 is 49.2 Å². The Morgan fingerprint density at radius 3 is 1.88 bits per heavy atom. The van der Waals surface area contributed by atoms with Crippen LogP contribution in [0.15, 0.2) is 0 Å². The lowest BCUT2D eigenvalue weighted by atomic mass is 9.94. The molecular weight excluding hydrogens is 340 g/mol. The second-order valence-electron chi connectivity index (χ2n) is 6.26. The van der Waals surface area contributed by atoms with E-state index >= 15 is 0 Å². The van der Waals surface area contributed by atoms with E-state index in [0.29, 0.717) is 0 Å². The Morgan fingerprint density at radius 2 is 1.36 bits per heavy atom. The summed E-state index contributed by atoms with van der Waals surface area (Å²) >= 11 is 0. The van der Waals surface area contributed by atoms with Gasteiger partial charge >= 0.3 is 0 Å². The first-order valence-electron chi connectivity index (χ1n) is 8.17. The van der Waals surface area contributed by atoms with Crippen molar-refractivity contribution in [1.29, 1.82) is 0 Å². The van der Waals surface area contributed by atoms with Crippen LogP contribution in [0.25, 0.3) is 0 Å². The zero-order valence-electron chi connectivity index (χ0n) is 14.5. The molecule has 0 spiro atoms. The van der Waals surface area contributed by atoms with Gasteiger partial charge in [0.15, 0.2) is 6.29 Å². The minimum absolute atomic E-state index is 0.415. The minimum Gasteiger partial charge on any atom is -0.394 e. The van der Waals surface area contributed by atoms with E-state index in [1.807, 2.05) is 0 Å². The molecule has 0 aromatic rings. The normalized spacial score (nSPS) is 48.5. The van der Waals surface area contributed by atoms with Gasteiger partial charge in [-0.2, -0.15) is 0 Å². The van der Waals surface area contributed by atoms with Gasteiger partial charge in [-0.05, 0) is 6.92 Å². The van der Waals surface area contributed by atoms with Crippen LogP contribution in [0, 0.1) is 0 Å². The second-order valence-corrected chi connectivity index (χ2v) is 6.26. The molecule has 2 rings (SSSR count). The van der Waals surface area contributed by atoms with Crippen LogP contribution in [0.1, 0.15) is 6.92 Å². The van der Waals surface area contributed by atoms with Crippen LogP contribution in [0.5, 0.6) is 0 Å². The van der Waals surface area contributed by atoms with Gasteiger partial charge in [-0.1, -0.05) is 0 Å². The Balaban J connectivity index is 2.18. The molecular formula is C15H28O10. The summed E-state index contributed by atoms with van der Waals surface area (Å²) in [5.74, 6) is 0. The molecule has 2 heterocycles. The summed E-state index contributed by atoms with van der Waals surface area (Å²) in [7, 11) is 2.72. The van der Waals surface area contributed by atoms with E-state index in [9.17, 15) is 25.5 Å². The number of aliphatic hydroxyl groups is 5. The van der Waals surface area contributed by atoms with Crippen molar-refractivity contribution in [2.75, 3.05) is 27.4 Å². The number of ether oxygens (including phenoxy) is 5. The van der Waals surface area contributed by atoms with Crippen LogP contribution in [0.3, 0.4) is 0 Å². The summed E-state index contributed by atoms with van der Waals surface area (Å²) in [6, 6.07) is 0. The SMILES string of the molecule is COC1C(O)[C@H](O)C(CO)O[C@@H]1O[C@@H]1C(CO)O[C@@H](C)C(OC)C1O. The summed E-state index contributed by atoms with van der Waals surface area (Å²) in [4.78, 5) is 0. The third-order valence-electron chi connectivity index (χ3n) is 4.73. The molecule has 10 heteroatoms. The number of methoxy groups -OCH3 is 2. The van der Waals surface area contributed by atoms with Gasteiger partial charge in [-0.3, -0.25) is 0 Å². The fourth-order valence-corrected chi connectivity index (χ4v) is 3.33. The van der Waals surface area contributed by atoms with Gasteiger partial charge in [0.25, 0.3) is 0 Å². The molecule has 25 heavy (non-hydrogen) atoms. The lowest BCUT2D eigenvalue weighted by Crippen LogP contribution is -2.64. The van der Waals surface area contributed by atoms with Crippen molar-refractivity contribution < 1.29 is 49.2 Å². The van der Waals surface area contributed by atoms with E-state index in [0.717, 1.165) is 0 Å². The van der Waals surface area contributed by atoms with Crippen molar-refractivity contribution in [1.82, 2.24) is 0 Å². The third kappa shape index (κ3) is 4.14. The summed E-state index contributed by atoms with van der Waals surface area (Å²) < 4.78 is 27.2. The largest absolute Gasteiger partial charge is 0.394 e. The topological polar surface area (TPSA) is 147 Å². The molecule has 2 aliphatic rings. The molecule has 2 saturated heterocycles. The molecule has 0 aromatic carbocycles. The molecule has 0 radical (unpaired) electrons. The molecule has 0 bridgehead atoms. The van der Waals surface area contributed by atoms with Crippen molar-refractivity contribution in [3.8, 4) is 0 Å². The molecule has 0 aliphatic carbocycles. The molecule has 0 amide bonds. The zero-order chi connectivity index (χ0) is 18.7. The number of rotatable bonds is 6. The fourth-order valence-electron chi connectivity index (χ4n) is 3.33. The number of aliphatic hydroxyl groups excluding tert-OH is 5. The Labute approximate surface area is 145 Å². The van der Waals surface area contributed by atoms with Crippen LogP contribution in [-0.2, 0) is 23.7 Å². The predicted octanol–water partition coefficient (Wildman–Crippen LogP) is -3.02. The van der Waals surface area contributed by atoms with Crippen molar-refractivity contribution >= 4 is 0 Å². The Morgan fingerprint density at radius 1 is 0.760 bits per heavy atom. The van der Waals surface area contributed by atoms with Gasteiger partial charge in [0, 0.05) is 14.2 Å². The maximum atomic E-state index is 10.5. The first kappa shape index (κ1) is 20.9. The van der Waals surface area contributed by atoms with Gasteiger partial charge in [0.2, 0.25) is 0 Å². The van der Waals surface area contributed by atoms with Crippen LogP contribution in [-0.4, -0.2) is 114 Å². The second kappa shape index (κ2) is 9.00. The molecule has 6 unspecified atom stereocenters. The molecule has 10 atom stereocenters. The quantitative estimate of drug-likeness (QED) is 0.328. The lowest BCUT2D eigenvalue weighted by molar-refractivity contribution is -0.345. The summed E-state index contributed by atoms with van der Waals surface area (Å²) in [6.07, 6.45) is -10.3. The van der Waals surface area contributed by atoms with Gasteiger partial charge in [0.1, 0.15) is 48.8 Å².